The van der Waals surface area contributed by atoms with E-state index in [4.69, 9.17) is 9.47 Å². The number of epoxide rings is 1. The average Bonchev–Trinajstić information content (AvgIpc) is 3.22. The number of rotatable bonds is 2. The lowest BCUT2D eigenvalue weighted by molar-refractivity contribution is -0.143. The van der Waals surface area contributed by atoms with E-state index in [9.17, 15) is 19.8 Å². The molecule has 1 aromatic heterocycles. The molecule has 196 valence electrons. The SMILES string of the molecule is CC(=Cc1csc(C)n1)[C@@H]1C[C@@H]2O[C@]2(F)COC[C@H](C)[C@H](O)[C@@H](C)C(=O)C(C)(C)[C@@H](O)CC(=O)N1. The lowest BCUT2D eigenvalue weighted by Crippen LogP contribution is -2.48. The number of ketones is 1. The van der Waals surface area contributed by atoms with Crippen molar-refractivity contribution in [3.8, 4) is 0 Å². The van der Waals surface area contributed by atoms with Gasteiger partial charge in [-0.3, -0.25) is 9.59 Å². The number of nitrogens with one attached hydrogen (secondary N) is 1. The number of amides is 1. The molecule has 8 nitrogen and oxygen atoms in total. The van der Waals surface area contributed by atoms with Crippen molar-refractivity contribution in [3.05, 3.63) is 21.7 Å². The number of carbonyl (C=O) groups excluding carboxylic acids is 2. The number of aromatic nitrogens is 1. The highest BCUT2D eigenvalue weighted by Crippen LogP contribution is 2.42. The molecule has 2 aliphatic rings. The third-order valence-electron chi connectivity index (χ3n) is 7.14. The zero-order valence-corrected chi connectivity index (χ0v) is 22.0. The van der Waals surface area contributed by atoms with Gasteiger partial charge in [-0.15, -0.1) is 11.3 Å². The van der Waals surface area contributed by atoms with Gasteiger partial charge in [0.15, 0.2) is 0 Å². The molecule has 10 heteroatoms. The van der Waals surface area contributed by atoms with Crippen LogP contribution < -0.4 is 5.32 Å². The van der Waals surface area contributed by atoms with Crippen LogP contribution in [0.1, 0.15) is 58.2 Å². The van der Waals surface area contributed by atoms with Crippen molar-refractivity contribution in [2.24, 2.45) is 17.3 Å². The molecule has 2 saturated heterocycles. The monoisotopic (exact) mass is 512 g/mol. The van der Waals surface area contributed by atoms with Gasteiger partial charge in [-0.1, -0.05) is 27.7 Å². The number of ether oxygens (including phenoxy) is 2. The number of hydrogen-bond acceptors (Lipinski definition) is 8. The number of nitrogens with zero attached hydrogens (tertiary/aromatic N) is 1. The van der Waals surface area contributed by atoms with E-state index in [0.717, 1.165) is 16.3 Å². The number of aryl methyl sites for hydroxylation is 1. The molecule has 3 rings (SSSR count). The Morgan fingerprint density at radius 2 is 2.00 bits per heavy atom. The maximum Gasteiger partial charge on any atom is 0.259 e. The van der Waals surface area contributed by atoms with Crippen molar-refractivity contribution >= 4 is 29.1 Å². The van der Waals surface area contributed by atoms with Crippen molar-refractivity contribution in [1.29, 1.82) is 0 Å². The summed E-state index contributed by atoms with van der Waals surface area (Å²) in [4.78, 5) is 30.5. The fraction of sp³-hybridized carbons (Fsp3) is 0.720. The second kappa shape index (κ2) is 10.7. The highest BCUT2D eigenvalue weighted by atomic mass is 32.1. The fourth-order valence-electron chi connectivity index (χ4n) is 4.47. The first-order chi connectivity index (χ1) is 16.2. The molecular weight excluding hydrogens is 475 g/mol. The number of thiazole rings is 1. The van der Waals surface area contributed by atoms with Gasteiger partial charge in [-0.2, -0.15) is 0 Å². The average molecular weight is 513 g/mol. The van der Waals surface area contributed by atoms with Gasteiger partial charge >= 0.3 is 0 Å². The zero-order chi connectivity index (χ0) is 26.1. The topological polar surface area (TPSA) is 121 Å². The van der Waals surface area contributed by atoms with Crippen molar-refractivity contribution in [1.82, 2.24) is 10.3 Å². The van der Waals surface area contributed by atoms with Gasteiger partial charge in [-0.05, 0) is 25.5 Å². The number of hydrogen-bond donors (Lipinski definition) is 3. The number of fused-ring (bicyclic) bond motifs is 1. The molecule has 2 fully saturated rings. The van der Waals surface area contributed by atoms with Gasteiger partial charge in [-0.25, -0.2) is 9.37 Å². The summed E-state index contributed by atoms with van der Waals surface area (Å²) in [5.41, 5.74) is 0.242. The number of Topliss-reactive ketones (excluding diaryl/α,β-unsaturated/α-hetero) is 1. The first-order valence-corrected chi connectivity index (χ1v) is 12.9. The number of aliphatic hydroxyl groups excluding tert-OH is 2. The van der Waals surface area contributed by atoms with Gasteiger partial charge in [0.25, 0.3) is 5.85 Å². The number of halogens is 1. The Labute approximate surface area is 209 Å². The van der Waals surface area contributed by atoms with Crippen LogP contribution >= 0.6 is 11.3 Å². The summed E-state index contributed by atoms with van der Waals surface area (Å²) < 4.78 is 25.9. The van der Waals surface area contributed by atoms with Crippen LogP contribution in [0.15, 0.2) is 11.0 Å². The largest absolute Gasteiger partial charge is 0.392 e. The number of aliphatic hydroxyl groups is 2. The van der Waals surface area contributed by atoms with E-state index in [2.05, 4.69) is 10.3 Å². The summed E-state index contributed by atoms with van der Waals surface area (Å²) in [6, 6.07) is -0.564. The van der Waals surface area contributed by atoms with Crippen LogP contribution in [0.5, 0.6) is 0 Å². The van der Waals surface area contributed by atoms with Crippen molar-refractivity contribution in [3.63, 3.8) is 0 Å². The minimum Gasteiger partial charge on any atom is -0.392 e. The molecule has 0 saturated carbocycles. The fourth-order valence-corrected chi connectivity index (χ4v) is 5.04. The summed E-state index contributed by atoms with van der Waals surface area (Å²) in [6.07, 6.45) is -1.40. The van der Waals surface area contributed by atoms with Crippen LogP contribution in [-0.2, 0) is 19.1 Å². The molecule has 1 amide bonds. The molecule has 0 bridgehead atoms. The predicted molar refractivity (Wildman–Crippen MR) is 130 cm³/mol. The van der Waals surface area contributed by atoms with Gasteiger partial charge in [0.2, 0.25) is 5.91 Å². The van der Waals surface area contributed by atoms with Crippen LogP contribution in [0.4, 0.5) is 4.39 Å². The highest BCUT2D eigenvalue weighted by Gasteiger charge is 2.59. The molecule has 7 atom stereocenters. The van der Waals surface area contributed by atoms with Gasteiger partial charge in [0.1, 0.15) is 18.5 Å². The van der Waals surface area contributed by atoms with E-state index in [1.807, 2.05) is 25.3 Å². The Balaban J connectivity index is 1.85. The standard InChI is InChI=1S/C25H37FN2O6S/c1-13(7-17-11-35-16(4)27-17)18-8-20-25(26,34-20)12-33-10-14(2)22(31)15(3)23(32)24(5,6)19(29)9-21(30)28-18/h7,11,14-15,18-20,22,29,31H,8-10,12H2,1-6H3,(H,28,30)/t14-,15+,18-,19-,20-,22-,25+/m0/s1. The third kappa shape index (κ3) is 6.54. The van der Waals surface area contributed by atoms with Crippen LogP contribution in [0.25, 0.3) is 6.08 Å². The summed E-state index contributed by atoms with van der Waals surface area (Å²) in [7, 11) is 0. The molecule has 0 unspecified atom stereocenters. The van der Waals surface area contributed by atoms with Crippen molar-refractivity contribution in [2.75, 3.05) is 13.2 Å². The smallest absolute Gasteiger partial charge is 0.259 e. The Morgan fingerprint density at radius 1 is 1.31 bits per heavy atom. The van der Waals surface area contributed by atoms with E-state index in [1.165, 1.54) is 11.3 Å². The lowest BCUT2D eigenvalue weighted by atomic mass is 9.73. The Kier molecular flexibility index (Phi) is 8.53. The Hall–Kier alpha value is -1.72. The molecular formula is C25H37FN2O6S. The van der Waals surface area contributed by atoms with Crippen LogP contribution in [0.2, 0.25) is 0 Å². The van der Waals surface area contributed by atoms with Crippen LogP contribution in [0, 0.1) is 24.2 Å². The second-order valence-corrected chi connectivity index (χ2v) is 11.6. The highest BCUT2D eigenvalue weighted by molar-refractivity contribution is 7.09. The summed E-state index contributed by atoms with van der Waals surface area (Å²) in [5, 5.41) is 27.2. The van der Waals surface area contributed by atoms with Crippen LogP contribution in [0.3, 0.4) is 0 Å². The quantitative estimate of drug-likeness (QED) is 0.521. The molecule has 0 aromatic carbocycles. The van der Waals surface area contributed by atoms with Crippen molar-refractivity contribution in [2.45, 2.75) is 84.6 Å². The summed E-state index contributed by atoms with van der Waals surface area (Å²) in [5.74, 6) is -4.06. The second-order valence-electron chi connectivity index (χ2n) is 10.5. The molecule has 3 heterocycles. The lowest BCUT2D eigenvalue weighted by Gasteiger charge is -2.34. The first-order valence-electron chi connectivity index (χ1n) is 12.0. The van der Waals surface area contributed by atoms with E-state index >= 15 is 4.39 Å². The molecule has 1 aromatic rings. The zero-order valence-electron chi connectivity index (χ0n) is 21.2. The third-order valence-corrected chi connectivity index (χ3v) is 7.94. The van der Waals surface area contributed by atoms with Crippen molar-refractivity contribution < 1.29 is 33.7 Å². The summed E-state index contributed by atoms with van der Waals surface area (Å²) >= 11 is 1.50. The maximum absolute atomic E-state index is 15.1. The number of alkyl halides is 1. The minimum absolute atomic E-state index is 0.0474. The van der Waals surface area contributed by atoms with Gasteiger partial charge in [0.05, 0.1) is 47.4 Å². The Morgan fingerprint density at radius 3 is 2.63 bits per heavy atom. The summed E-state index contributed by atoms with van der Waals surface area (Å²) in [6.45, 7) is 9.91. The van der Waals surface area contributed by atoms with Gasteiger partial charge < -0.3 is 25.0 Å². The van der Waals surface area contributed by atoms with Crippen LogP contribution in [-0.4, -0.2) is 70.3 Å². The molecule has 0 aliphatic carbocycles. The van der Waals surface area contributed by atoms with Gasteiger partial charge in [0, 0.05) is 23.6 Å². The minimum atomic E-state index is -1.98. The molecule has 3 N–H and O–H groups in total. The molecule has 2 aliphatic heterocycles. The Bertz CT molecular complexity index is 966. The number of carbonyl (C=O) groups is 2. The molecule has 0 radical (unpaired) electrons. The normalized spacial score (nSPS) is 37.5. The van der Waals surface area contributed by atoms with E-state index in [0.29, 0.717) is 0 Å². The van der Waals surface area contributed by atoms with E-state index in [-0.39, 0.29) is 31.8 Å². The first kappa shape index (κ1) is 27.9. The maximum atomic E-state index is 15.1. The predicted octanol–water partition coefficient (Wildman–Crippen LogP) is 2.80. The molecule has 0 spiro atoms. The van der Waals surface area contributed by atoms with E-state index < -0.39 is 53.4 Å². The van der Waals surface area contributed by atoms with E-state index in [1.54, 1.807) is 27.7 Å². The molecule has 35 heavy (non-hydrogen) atoms.